The number of rotatable bonds is 4. The van der Waals surface area contributed by atoms with Crippen LogP contribution in [0.5, 0.6) is 5.75 Å². The number of phenolic OH excluding ortho intramolecular Hbond substituents is 1. The molecule has 0 aliphatic rings. The Hall–Kier alpha value is -3.67. The van der Waals surface area contributed by atoms with Gasteiger partial charge in [0.1, 0.15) is 11.3 Å². The van der Waals surface area contributed by atoms with E-state index in [2.05, 4.69) is 36.4 Å². The number of anilines is 1. The Bertz CT molecular complexity index is 1200. The van der Waals surface area contributed by atoms with Crippen molar-refractivity contribution < 1.29 is 9.90 Å². The molecule has 6 heteroatoms. The fraction of sp³-hybridized carbons (Fsp3) is 0.208. The zero-order valence-corrected chi connectivity index (χ0v) is 17.3. The van der Waals surface area contributed by atoms with Crippen LogP contribution >= 0.6 is 0 Å². The van der Waals surface area contributed by atoms with Crippen molar-refractivity contribution >= 4 is 22.6 Å². The Morgan fingerprint density at radius 3 is 2.50 bits per heavy atom. The number of phenols is 1. The zero-order chi connectivity index (χ0) is 21.3. The first kappa shape index (κ1) is 19.6. The first-order chi connectivity index (χ1) is 14.3. The van der Waals surface area contributed by atoms with Crippen LogP contribution in [0.3, 0.4) is 0 Å². The van der Waals surface area contributed by atoms with Crippen LogP contribution in [0.1, 0.15) is 42.3 Å². The molecule has 0 spiro atoms. The molecule has 6 nitrogen and oxygen atoms in total. The number of carbonyl (C=O) groups excluding carboxylic acids is 1. The number of fused-ring (bicyclic) bond motifs is 1. The molecule has 0 aliphatic heterocycles. The third-order valence-electron chi connectivity index (χ3n) is 5.08. The molecule has 0 aliphatic carbocycles. The molecule has 1 aromatic heterocycles. The fourth-order valence-electron chi connectivity index (χ4n) is 3.27. The molecule has 152 valence electrons. The van der Waals surface area contributed by atoms with Crippen molar-refractivity contribution in [3.05, 3.63) is 83.4 Å². The summed E-state index contributed by atoms with van der Waals surface area (Å²) in [4.78, 5) is 12.7. The van der Waals surface area contributed by atoms with Crippen LogP contribution in [0.15, 0.2) is 66.7 Å². The lowest BCUT2D eigenvalue weighted by atomic mass is 9.87. The molecule has 0 radical (unpaired) electrons. The van der Waals surface area contributed by atoms with Crippen LogP contribution in [0, 0.1) is 0 Å². The van der Waals surface area contributed by atoms with Gasteiger partial charge in [0.05, 0.1) is 17.7 Å². The standard InChI is InChI=1S/C24H24N4O2/c1-24(2,3)18-12-13-22(29)20(14-18)25-23(30)17-10-8-16(9-11-17)15-28-21-7-5-4-6-19(21)26-27-28/h4-14,29H,15H2,1-3H3,(H,25,30). The lowest BCUT2D eigenvalue weighted by molar-refractivity contribution is 0.102. The van der Waals surface area contributed by atoms with Gasteiger partial charge >= 0.3 is 0 Å². The summed E-state index contributed by atoms with van der Waals surface area (Å²) in [6.07, 6.45) is 0. The summed E-state index contributed by atoms with van der Waals surface area (Å²) in [6.45, 7) is 6.82. The topological polar surface area (TPSA) is 80.0 Å². The lowest BCUT2D eigenvalue weighted by Gasteiger charge is -2.20. The SMILES string of the molecule is CC(C)(C)c1ccc(O)c(NC(=O)c2ccc(Cn3nnc4ccccc43)cc2)c1. The van der Waals surface area contributed by atoms with Gasteiger partial charge in [-0.2, -0.15) is 0 Å². The van der Waals surface area contributed by atoms with Crippen LogP contribution in [0.25, 0.3) is 11.0 Å². The van der Waals surface area contributed by atoms with Crippen molar-refractivity contribution in [2.24, 2.45) is 0 Å². The van der Waals surface area contributed by atoms with Crippen molar-refractivity contribution in [3.8, 4) is 5.75 Å². The number of para-hydroxylation sites is 1. The second-order valence-corrected chi connectivity index (χ2v) is 8.37. The molecule has 0 saturated heterocycles. The zero-order valence-electron chi connectivity index (χ0n) is 17.3. The number of hydrogen-bond donors (Lipinski definition) is 2. The second-order valence-electron chi connectivity index (χ2n) is 8.37. The molecule has 4 rings (SSSR count). The maximum absolute atomic E-state index is 12.7. The Balaban J connectivity index is 1.50. The molecule has 4 aromatic rings. The first-order valence-electron chi connectivity index (χ1n) is 9.83. The number of nitrogens with one attached hydrogen (secondary N) is 1. The van der Waals surface area contributed by atoms with Crippen LogP contribution in [0.4, 0.5) is 5.69 Å². The maximum Gasteiger partial charge on any atom is 0.255 e. The third-order valence-corrected chi connectivity index (χ3v) is 5.08. The predicted molar refractivity (Wildman–Crippen MR) is 118 cm³/mol. The Morgan fingerprint density at radius 1 is 1.03 bits per heavy atom. The molecule has 3 aromatic carbocycles. The molecule has 0 unspecified atom stereocenters. The molecule has 30 heavy (non-hydrogen) atoms. The molecule has 2 N–H and O–H groups in total. The number of hydrogen-bond acceptors (Lipinski definition) is 4. The van der Waals surface area contributed by atoms with Gasteiger partial charge in [0.25, 0.3) is 5.91 Å². The number of aromatic nitrogens is 3. The van der Waals surface area contributed by atoms with E-state index < -0.39 is 0 Å². The van der Waals surface area contributed by atoms with Crippen molar-refractivity contribution in [2.45, 2.75) is 32.7 Å². The number of amides is 1. The second kappa shape index (κ2) is 7.63. The van der Waals surface area contributed by atoms with Gasteiger partial charge in [0.2, 0.25) is 0 Å². The average molecular weight is 400 g/mol. The van der Waals surface area contributed by atoms with Crippen molar-refractivity contribution in [1.82, 2.24) is 15.0 Å². The first-order valence-corrected chi connectivity index (χ1v) is 9.83. The minimum atomic E-state index is -0.269. The largest absolute Gasteiger partial charge is 0.506 e. The Labute approximate surface area is 175 Å². The van der Waals surface area contributed by atoms with Gasteiger partial charge in [-0.1, -0.05) is 56.3 Å². The maximum atomic E-state index is 12.7. The summed E-state index contributed by atoms with van der Waals surface area (Å²) in [6, 6.07) is 20.4. The normalized spacial score (nSPS) is 11.6. The van der Waals surface area contributed by atoms with Crippen LogP contribution in [-0.2, 0) is 12.0 Å². The fourth-order valence-corrected chi connectivity index (χ4v) is 3.27. The minimum absolute atomic E-state index is 0.0473. The van der Waals surface area contributed by atoms with E-state index in [1.54, 1.807) is 18.2 Å². The smallest absolute Gasteiger partial charge is 0.255 e. The summed E-state index contributed by atoms with van der Waals surface area (Å²) < 4.78 is 1.83. The number of aromatic hydroxyl groups is 1. The van der Waals surface area contributed by atoms with E-state index in [0.717, 1.165) is 22.2 Å². The monoisotopic (exact) mass is 400 g/mol. The quantitative estimate of drug-likeness (QED) is 0.485. The predicted octanol–water partition coefficient (Wildman–Crippen LogP) is 4.74. The Morgan fingerprint density at radius 2 is 1.77 bits per heavy atom. The highest BCUT2D eigenvalue weighted by molar-refractivity contribution is 6.05. The molecule has 0 bridgehead atoms. The molecule has 1 amide bonds. The van der Waals surface area contributed by atoms with Crippen LogP contribution in [0.2, 0.25) is 0 Å². The van der Waals surface area contributed by atoms with Gasteiger partial charge in [0, 0.05) is 5.56 Å². The highest BCUT2D eigenvalue weighted by Crippen LogP contribution is 2.31. The third kappa shape index (κ3) is 4.03. The average Bonchev–Trinajstić information content (AvgIpc) is 3.12. The summed E-state index contributed by atoms with van der Waals surface area (Å²) in [5.74, 6) is -0.222. The van der Waals surface area contributed by atoms with E-state index in [-0.39, 0.29) is 17.1 Å². The van der Waals surface area contributed by atoms with Crippen molar-refractivity contribution in [3.63, 3.8) is 0 Å². The van der Waals surface area contributed by atoms with Crippen molar-refractivity contribution in [1.29, 1.82) is 0 Å². The molecular weight excluding hydrogens is 376 g/mol. The van der Waals surface area contributed by atoms with Gasteiger partial charge < -0.3 is 10.4 Å². The summed E-state index contributed by atoms with van der Waals surface area (Å²) in [5.41, 5.74) is 4.71. The summed E-state index contributed by atoms with van der Waals surface area (Å²) in [5, 5.41) is 21.3. The molecule has 0 atom stereocenters. The van der Waals surface area contributed by atoms with E-state index in [1.807, 2.05) is 53.2 Å². The Kier molecular flexibility index (Phi) is 4.99. The number of nitrogens with zero attached hydrogens (tertiary/aromatic N) is 3. The highest BCUT2D eigenvalue weighted by Gasteiger charge is 2.17. The van der Waals surface area contributed by atoms with Gasteiger partial charge in [-0.25, -0.2) is 4.68 Å². The van der Waals surface area contributed by atoms with Crippen LogP contribution in [-0.4, -0.2) is 26.0 Å². The minimum Gasteiger partial charge on any atom is -0.506 e. The molecular formula is C24H24N4O2. The van der Waals surface area contributed by atoms with E-state index in [4.69, 9.17) is 0 Å². The van der Waals surface area contributed by atoms with Gasteiger partial charge in [-0.15, -0.1) is 5.10 Å². The lowest BCUT2D eigenvalue weighted by Crippen LogP contribution is -2.15. The van der Waals surface area contributed by atoms with Gasteiger partial charge in [0.15, 0.2) is 0 Å². The van der Waals surface area contributed by atoms with E-state index in [9.17, 15) is 9.90 Å². The molecule has 0 saturated carbocycles. The molecule has 1 heterocycles. The van der Waals surface area contributed by atoms with Crippen molar-refractivity contribution in [2.75, 3.05) is 5.32 Å². The number of benzene rings is 3. The molecule has 0 fully saturated rings. The van der Waals surface area contributed by atoms with E-state index in [0.29, 0.717) is 17.8 Å². The summed E-state index contributed by atoms with van der Waals surface area (Å²) >= 11 is 0. The number of carbonyl (C=O) groups is 1. The van der Waals surface area contributed by atoms with Gasteiger partial charge in [-0.3, -0.25) is 4.79 Å². The van der Waals surface area contributed by atoms with Crippen LogP contribution < -0.4 is 5.32 Å². The van der Waals surface area contributed by atoms with Gasteiger partial charge in [-0.05, 0) is 52.9 Å². The van der Waals surface area contributed by atoms with E-state index >= 15 is 0 Å². The summed E-state index contributed by atoms with van der Waals surface area (Å²) in [7, 11) is 0. The van der Waals surface area contributed by atoms with E-state index in [1.165, 1.54) is 0 Å². The highest BCUT2D eigenvalue weighted by atomic mass is 16.3.